The second-order valence-electron chi connectivity index (χ2n) is 9.43. The molecule has 0 aromatic heterocycles. The number of hydrogen-bond acceptors (Lipinski definition) is 7. The Kier molecular flexibility index (Phi) is 6.79. The third-order valence-corrected chi connectivity index (χ3v) is 7.39. The van der Waals surface area contributed by atoms with E-state index in [9.17, 15) is 9.18 Å². The van der Waals surface area contributed by atoms with Crippen LogP contribution < -0.4 is 5.32 Å². The number of piperidine rings is 1. The topological polar surface area (TPSA) is 66.4 Å². The number of aliphatic imine (C=N–C) groups is 1. The number of ether oxygens (including phenoxy) is 2. The molecule has 1 aliphatic carbocycles. The van der Waals surface area contributed by atoms with Crippen molar-refractivity contribution in [3.63, 3.8) is 0 Å². The lowest BCUT2D eigenvalue weighted by atomic mass is 9.96. The molecule has 3 aliphatic rings. The maximum Gasteiger partial charge on any atom is 0.410 e. The Hall–Kier alpha value is -2.42. The van der Waals surface area contributed by atoms with E-state index in [4.69, 9.17) is 9.47 Å². The number of carbonyl (C=O) groups is 1. The number of benzene rings is 1. The summed E-state index contributed by atoms with van der Waals surface area (Å²) in [6.07, 6.45) is 3.56. The summed E-state index contributed by atoms with van der Waals surface area (Å²) < 4.78 is 26.2. The Bertz CT molecular complexity index is 982. The van der Waals surface area contributed by atoms with Crippen LogP contribution in [0.5, 0.6) is 0 Å². The van der Waals surface area contributed by atoms with Crippen LogP contribution in [0.3, 0.4) is 0 Å². The van der Waals surface area contributed by atoms with Gasteiger partial charge in [-0.2, -0.15) is 0 Å². The zero-order chi connectivity index (χ0) is 23.8. The number of likely N-dealkylation sites (tertiary alicyclic amines) is 1. The van der Waals surface area contributed by atoms with Crippen LogP contribution in [-0.2, 0) is 9.47 Å². The fraction of sp³-hybridized carbons (Fsp3) is 0.583. The number of carbonyl (C=O) groups excluding carboxylic acids is 1. The number of anilines is 1. The van der Waals surface area contributed by atoms with E-state index in [2.05, 4.69) is 10.3 Å². The second-order valence-corrected chi connectivity index (χ2v) is 10.3. The Morgan fingerprint density at radius 1 is 1.42 bits per heavy atom. The average Bonchev–Trinajstić information content (AvgIpc) is 3.50. The van der Waals surface area contributed by atoms with Gasteiger partial charge in [0, 0.05) is 30.4 Å². The number of hydrogen-bond donors (Lipinski definition) is 1. The molecular formula is C24H33FN4O3S. The van der Waals surface area contributed by atoms with E-state index in [1.165, 1.54) is 17.8 Å². The predicted octanol–water partition coefficient (Wildman–Crippen LogP) is 4.77. The molecule has 0 bridgehead atoms. The number of nitrogens with zero attached hydrogens (tertiary/aromatic N) is 3. The van der Waals surface area contributed by atoms with Gasteiger partial charge in [-0.1, -0.05) is 0 Å². The molecule has 1 amide bonds. The highest BCUT2D eigenvalue weighted by molar-refractivity contribution is 7.98. The van der Waals surface area contributed by atoms with Crippen molar-refractivity contribution in [1.82, 2.24) is 9.80 Å². The van der Waals surface area contributed by atoms with E-state index in [1.54, 1.807) is 6.07 Å². The van der Waals surface area contributed by atoms with Crippen LogP contribution in [0.4, 0.5) is 14.9 Å². The molecule has 0 radical (unpaired) electrons. The number of amides is 1. The zero-order valence-corrected chi connectivity index (χ0v) is 20.8. The molecule has 2 atom stereocenters. The van der Waals surface area contributed by atoms with E-state index in [1.807, 2.05) is 49.9 Å². The van der Waals surface area contributed by atoms with Crippen molar-refractivity contribution in [3.8, 4) is 0 Å². The van der Waals surface area contributed by atoms with Crippen LogP contribution in [0.2, 0.25) is 0 Å². The predicted molar refractivity (Wildman–Crippen MR) is 129 cm³/mol. The molecule has 1 aromatic carbocycles. The smallest absolute Gasteiger partial charge is 0.410 e. The summed E-state index contributed by atoms with van der Waals surface area (Å²) >= 11 is 1.50. The number of rotatable bonds is 6. The summed E-state index contributed by atoms with van der Waals surface area (Å²) in [7, 11) is 1.94. The van der Waals surface area contributed by atoms with Gasteiger partial charge >= 0.3 is 6.09 Å². The number of nitrogens with one attached hydrogen (secondary N) is 1. The minimum absolute atomic E-state index is 0.107. The Morgan fingerprint density at radius 3 is 2.88 bits per heavy atom. The van der Waals surface area contributed by atoms with Gasteiger partial charge in [0.2, 0.25) is 0 Å². The third-order valence-electron chi connectivity index (χ3n) is 6.66. The fourth-order valence-electron chi connectivity index (χ4n) is 4.56. The highest BCUT2D eigenvalue weighted by Gasteiger charge is 2.58. The zero-order valence-electron chi connectivity index (χ0n) is 20.0. The van der Waals surface area contributed by atoms with Gasteiger partial charge in [0.05, 0.1) is 24.0 Å². The van der Waals surface area contributed by atoms with Crippen LogP contribution in [0.25, 0.3) is 0 Å². The lowest BCUT2D eigenvalue weighted by Gasteiger charge is -2.33. The highest BCUT2D eigenvalue weighted by Crippen LogP contribution is 2.58. The molecule has 4 rings (SSSR count). The third kappa shape index (κ3) is 5.08. The molecule has 2 aliphatic heterocycles. The molecule has 1 N–H and O–H groups in total. The molecule has 1 aromatic rings. The van der Waals surface area contributed by atoms with E-state index in [-0.39, 0.29) is 23.4 Å². The Labute approximate surface area is 199 Å². The first-order valence-electron chi connectivity index (χ1n) is 11.4. The lowest BCUT2D eigenvalue weighted by molar-refractivity contribution is 0.0414. The summed E-state index contributed by atoms with van der Waals surface area (Å²) in [4.78, 5) is 21.4. The van der Waals surface area contributed by atoms with Crippen LogP contribution in [0.1, 0.15) is 33.6 Å². The van der Waals surface area contributed by atoms with Gasteiger partial charge in [-0.15, -0.1) is 11.8 Å². The monoisotopic (exact) mass is 476 g/mol. The molecule has 2 heterocycles. The van der Waals surface area contributed by atoms with Crippen LogP contribution >= 0.6 is 11.8 Å². The summed E-state index contributed by atoms with van der Waals surface area (Å²) in [5.41, 5.74) is 1.37. The molecule has 1 saturated carbocycles. The Morgan fingerprint density at radius 2 is 2.21 bits per heavy atom. The van der Waals surface area contributed by atoms with Gasteiger partial charge in [0.15, 0.2) is 5.88 Å². The number of fused-ring (bicyclic) bond motifs is 1. The van der Waals surface area contributed by atoms with Crippen LogP contribution in [0, 0.1) is 17.2 Å². The van der Waals surface area contributed by atoms with Crippen molar-refractivity contribution in [3.05, 3.63) is 35.5 Å². The maximum absolute atomic E-state index is 14.5. The van der Waals surface area contributed by atoms with Crippen molar-refractivity contribution >= 4 is 29.4 Å². The quantitative estimate of drug-likeness (QED) is 0.597. The number of thioether (sulfide) groups is 1. The molecule has 0 spiro atoms. The molecule has 180 valence electrons. The summed E-state index contributed by atoms with van der Waals surface area (Å²) in [5.74, 6) is 1.52. The van der Waals surface area contributed by atoms with Gasteiger partial charge in [-0.3, -0.25) is 0 Å². The molecule has 7 nitrogen and oxygen atoms in total. The van der Waals surface area contributed by atoms with Gasteiger partial charge in [-0.25, -0.2) is 14.2 Å². The first-order chi connectivity index (χ1) is 15.7. The van der Waals surface area contributed by atoms with Gasteiger partial charge in [0.25, 0.3) is 0 Å². The largest absolute Gasteiger partial charge is 0.478 e. The van der Waals surface area contributed by atoms with Gasteiger partial charge in [0.1, 0.15) is 18.3 Å². The first kappa shape index (κ1) is 23.7. The van der Waals surface area contributed by atoms with E-state index in [0.717, 1.165) is 35.7 Å². The Balaban J connectivity index is 1.38. The highest BCUT2D eigenvalue weighted by atomic mass is 32.2. The molecule has 33 heavy (non-hydrogen) atoms. The summed E-state index contributed by atoms with van der Waals surface area (Å²) in [5, 5.41) is 3.14. The molecule has 2 fully saturated rings. The fourth-order valence-corrected chi connectivity index (χ4v) is 4.99. The molecule has 1 saturated heterocycles. The number of amidine groups is 1. The number of halogens is 1. The minimum atomic E-state index is -0.304. The van der Waals surface area contributed by atoms with E-state index >= 15 is 0 Å². The molecule has 2 unspecified atom stereocenters. The SMILES string of the molecule is CSc1ccc(NC2=NCN(C)C(OCC34CCN(C(=O)OC(C)C)CC3C4)=C2C)c(F)c1. The lowest BCUT2D eigenvalue weighted by Crippen LogP contribution is -2.41. The van der Waals surface area contributed by atoms with Gasteiger partial charge in [-0.05, 0) is 64.0 Å². The van der Waals surface area contributed by atoms with Crippen molar-refractivity contribution in [2.45, 2.75) is 44.6 Å². The van der Waals surface area contributed by atoms with Crippen molar-refractivity contribution in [1.29, 1.82) is 0 Å². The molecule has 9 heteroatoms. The van der Waals surface area contributed by atoms with E-state index in [0.29, 0.717) is 37.3 Å². The minimum Gasteiger partial charge on any atom is -0.478 e. The van der Waals surface area contributed by atoms with Crippen LogP contribution in [0.15, 0.2) is 39.5 Å². The van der Waals surface area contributed by atoms with E-state index < -0.39 is 0 Å². The molecular weight excluding hydrogens is 443 g/mol. The van der Waals surface area contributed by atoms with Crippen LogP contribution in [-0.4, -0.2) is 67.5 Å². The van der Waals surface area contributed by atoms with Crippen molar-refractivity contribution < 1.29 is 18.7 Å². The maximum atomic E-state index is 14.5. The summed E-state index contributed by atoms with van der Waals surface area (Å²) in [6.45, 7) is 8.14. The average molecular weight is 477 g/mol. The van der Waals surface area contributed by atoms with Gasteiger partial charge < -0.3 is 24.6 Å². The first-order valence-corrected chi connectivity index (χ1v) is 12.6. The summed E-state index contributed by atoms with van der Waals surface area (Å²) in [6, 6.07) is 5.15. The normalized spacial score (nSPS) is 24.5. The second kappa shape index (κ2) is 9.44. The van der Waals surface area contributed by atoms with Crippen molar-refractivity contribution in [2.75, 3.05) is 45.0 Å². The van der Waals surface area contributed by atoms with Crippen molar-refractivity contribution in [2.24, 2.45) is 16.3 Å². The standard InChI is InChI=1S/C24H33FN4O3S/c1-15(2)32-23(30)29-9-8-24(11-17(24)12-29)13-31-22-16(3)21(26-14-28(22)4)27-20-7-6-18(33-5)10-19(20)25/h6-7,10,15,17H,8-9,11-14H2,1-5H3,(H,26,27).